The summed E-state index contributed by atoms with van der Waals surface area (Å²) in [7, 11) is 0. The van der Waals surface area contributed by atoms with E-state index in [0.29, 0.717) is 6.61 Å². The standard InChI is InChI=1S/C10H9BrN2O/c11-8-2-1-3-10(4-8)14-6-9-5-12-7-13-9/h1-5,7H,6H2,(H,12,13). The van der Waals surface area contributed by atoms with Gasteiger partial charge in [0.15, 0.2) is 0 Å². The van der Waals surface area contributed by atoms with Crippen molar-refractivity contribution in [3.05, 3.63) is 47.0 Å². The van der Waals surface area contributed by atoms with Crippen LogP contribution in [-0.2, 0) is 6.61 Å². The highest BCUT2D eigenvalue weighted by Crippen LogP contribution is 2.18. The molecule has 1 aromatic carbocycles. The lowest BCUT2D eigenvalue weighted by Gasteiger charge is -2.04. The van der Waals surface area contributed by atoms with Gasteiger partial charge in [-0.25, -0.2) is 4.98 Å². The number of aromatic nitrogens is 2. The van der Waals surface area contributed by atoms with Crippen LogP contribution in [0.15, 0.2) is 41.3 Å². The second-order valence-corrected chi connectivity index (χ2v) is 3.74. The predicted molar refractivity (Wildman–Crippen MR) is 57.1 cm³/mol. The van der Waals surface area contributed by atoms with Crippen molar-refractivity contribution in [3.63, 3.8) is 0 Å². The fourth-order valence-electron chi connectivity index (χ4n) is 1.08. The average Bonchev–Trinajstić information content (AvgIpc) is 2.67. The Morgan fingerprint density at radius 2 is 2.36 bits per heavy atom. The molecule has 0 radical (unpaired) electrons. The summed E-state index contributed by atoms with van der Waals surface area (Å²) in [5.41, 5.74) is 0.963. The fourth-order valence-corrected chi connectivity index (χ4v) is 1.46. The minimum atomic E-state index is 0.510. The van der Waals surface area contributed by atoms with E-state index in [0.717, 1.165) is 15.9 Å². The SMILES string of the molecule is Brc1cccc(OCc2cnc[nH]2)c1. The molecule has 1 aromatic heterocycles. The zero-order valence-corrected chi connectivity index (χ0v) is 8.99. The van der Waals surface area contributed by atoms with Gasteiger partial charge >= 0.3 is 0 Å². The second kappa shape index (κ2) is 4.28. The lowest BCUT2D eigenvalue weighted by Crippen LogP contribution is -1.94. The van der Waals surface area contributed by atoms with Gasteiger partial charge < -0.3 is 9.72 Å². The van der Waals surface area contributed by atoms with Crippen LogP contribution in [0.1, 0.15) is 5.69 Å². The van der Waals surface area contributed by atoms with Crippen LogP contribution < -0.4 is 4.74 Å². The van der Waals surface area contributed by atoms with Crippen LogP contribution in [0, 0.1) is 0 Å². The Morgan fingerprint density at radius 1 is 1.43 bits per heavy atom. The molecule has 14 heavy (non-hydrogen) atoms. The Hall–Kier alpha value is -1.29. The van der Waals surface area contributed by atoms with Gasteiger partial charge in [0.2, 0.25) is 0 Å². The average molecular weight is 253 g/mol. The molecule has 0 spiro atoms. The van der Waals surface area contributed by atoms with Crippen molar-refractivity contribution in [2.45, 2.75) is 6.61 Å². The summed E-state index contributed by atoms with van der Waals surface area (Å²) in [6, 6.07) is 7.74. The molecule has 3 nitrogen and oxygen atoms in total. The molecule has 0 saturated heterocycles. The molecule has 0 unspecified atom stereocenters. The zero-order chi connectivity index (χ0) is 9.80. The topological polar surface area (TPSA) is 37.9 Å². The third kappa shape index (κ3) is 2.35. The first kappa shape index (κ1) is 9.27. The van der Waals surface area contributed by atoms with Gasteiger partial charge in [-0.2, -0.15) is 0 Å². The molecule has 0 amide bonds. The number of H-pyrrole nitrogens is 1. The number of nitrogens with one attached hydrogen (secondary N) is 1. The summed E-state index contributed by atoms with van der Waals surface area (Å²) in [6.07, 6.45) is 3.39. The molecule has 0 aliphatic heterocycles. The summed E-state index contributed by atoms with van der Waals surface area (Å²) in [6.45, 7) is 0.510. The number of imidazole rings is 1. The van der Waals surface area contributed by atoms with E-state index in [2.05, 4.69) is 25.9 Å². The van der Waals surface area contributed by atoms with Gasteiger partial charge in [0.25, 0.3) is 0 Å². The number of hydrogen-bond donors (Lipinski definition) is 1. The monoisotopic (exact) mass is 252 g/mol. The van der Waals surface area contributed by atoms with Crippen molar-refractivity contribution >= 4 is 15.9 Å². The lowest BCUT2D eigenvalue weighted by molar-refractivity contribution is 0.302. The largest absolute Gasteiger partial charge is 0.487 e. The summed E-state index contributed by atoms with van der Waals surface area (Å²) in [4.78, 5) is 6.88. The molecule has 72 valence electrons. The first-order chi connectivity index (χ1) is 6.84. The van der Waals surface area contributed by atoms with Gasteiger partial charge in [0, 0.05) is 4.47 Å². The maximum Gasteiger partial charge on any atom is 0.130 e. The van der Waals surface area contributed by atoms with E-state index in [1.54, 1.807) is 12.5 Å². The lowest BCUT2D eigenvalue weighted by atomic mass is 10.3. The Kier molecular flexibility index (Phi) is 2.84. The first-order valence-electron chi connectivity index (χ1n) is 4.20. The van der Waals surface area contributed by atoms with Gasteiger partial charge in [-0.3, -0.25) is 0 Å². The summed E-state index contributed by atoms with van der Waals surface area (Å²) in [5.74, 6) is 0.842. The van der Waals surface area contributed by atoms with Gasteiger partial charge in [0.05, 0.1) is 18.2 Å². The zero-order valence-electron chi connectivity index (χ0n) is 7.40. The Bertz CT molecular complexity index is 400. The number of aromatic amines is 1. The van der Waals surface area contributed by atoms with Crippen LogP contribution in [-0.4, -0.2) is 9.97 Å². The van der Waals surface area contributed by atoms with Crippen LogP contribution in [0.4, 0.5) is 0 Å². The highest BCUT2D eigenvalue weighted by atomic mass is 79.9. The molecule has 0 saturated carbocycles. The normalized spacial score (nSPS) is 10.1. The van der Waals surface area contributed by atoms with Crippen LogP contribution in [0.3, 0.4) is 0 Å². The van der Waals surface area contributed by atoms with Gasteiger partial charge in [-0.1, -0.05) is 22.0 Å². The highest BCUT2D eigenvalue weighted by Gasteiger charge is 1.96. The van der Waals surface area contributed by atoms with E-state index >= 15 is 0 Å². The Labute approximate surface area is 90.3 Å². The van der Waals surface area contributed by atoms with E-state index in [4.69, 9.17) is 4.74 Å². The van der Waals surface area contributed by atoms with Gasteiger partial charge in [-0.05, 0) is 18.2 Å². The summed E-state index contributed by atoms with van der Waals surface area (Å²) >= 11 is 3.38. The number of ether oxygens (including phenoxy) is 1. The number of hydrogen-bond acceptors (Lipinski definition) is 2. The molecule has 1 heterocycles. The van der Waals surface area contributed by atoms with E-state index in [1.807, 2.05) is 24.3 Å². The maximum atomic E-state index is 5.53. The van der Waals surface area contributed by atoms with E-state index in [9.17, 15) is 0 Å². The predicted octanol–water partition coefficient (Wildman–Crippen LogP) is 2.75. The van der Waals surface area contributed by atoms with Crippen LogP contribution in [0.25, 0.3) is 0 Å². The molecule has 1 N–H and O–H groups in total. The third-order valence-corrected chi connectivity index (χ3v) is 2.24. The number of nitrogens with zero attached hydrogens (tertiary/aromatic N) is 1. The molecule has 0 fully saturated rings. The van der Waals surface area contributed by atoms with E-state index in [1.165, 1.54) is 0 Å². The molecular formula is C10H9BrN2O. The Balaban J connectivity index is 1.98. The third-order valence-electron chi connectivity index (χ3n) is 1.75. The minimum Gasteiger partial charge on any atom is -0.487 e. The van der Waals surface area contributed by atoms with Gasteiger partial charge in [0.1, 0.15) is 12.4 Å². The second-order valence-electron chi connectivity index (χ2n) is 2.82. The number of rotatable bonds is 3. The molecule has 2 aromatic rings. The molecule has 0 aliphatic carbocycles. The van der Waals surface area contributed by atoms with Crippen LogP contribution in [0.5, 0.6) is 5.75 Å². The number of benzene rings is 1. The molecule has 2 rings (SSSR count). The molecule has 0 aliphatic rings. The van der Waals surface area contributed by atoms with Crippen molar-refractivity contribution in [1.82, 2.24) is 9.97 Å². The van der Waals surface area contributed by atoms with Crippen molar-refractivity contribution in [3.8, 4) is 5.75 Å². The quantitative estimate of drug-likeness (QED) is 0.913. The van der Waals surface area contributed by atoms with Crippen LogP contribution in [0.2, 0.25) is 0 Å². The van der Waals surface area contributed by atoms with Crippen molar-refractivity contribution in [2.24, 2.45) is 0 Å². The molecule has 0 bridgehead atoms. The highest BCUT2D eigenvalue weighted by molar-refractivity contribution is 9.10. The molecule has 4 heteroatoms. The summed E-state index contributed by atoms with van der Waals surface area (Å²) in [5, 5.41) is 0. The smallest absolute Gasteiger partial charge is 0.130 e. The maximum absolute atomic E-state index is 5.53. The molecular weight excluding hydrogens is 244 g/mol. The minimum absolute atomic E-state index is 0.510. The van der Waals surface area contributed by atoms with Crippen molar-refractivity contribution in [2.75, 3.05) is 0 Å². The van der Waals surface area contributed by atoms with Crippen molar-refractivity contribution < 1.29 is 4.74 Å². The summed E-state index contributed by atoms with van der Waals surface area (Å²) < 4.78 is 6.54. The fraction of sp³-hybridized carbons (Fsp3) is 0.100. The molecule has 0 atom stereocenters. The van der Waals surface area contributed by atoms with E-state index < -0.39 is 0 Å². The van der Waals surface area contributed by atoms with Crippen molar-refractivity contribution in [1.29, 1.82) is 0 Å². The van der Waals surface area contributed by atoms with E-state index in [-0.39, 0.29) is 0 Å². The first-order valence-corrected chi connectivity index (χ1v) is 4.99. The van der Waals surface area contributed by atoms with Gasteiger partial charge in [-0.15, -0.1) is 0 Å². The van der Waals surface area contributed by atoms with Crippen LogP contribution >= 0.6 is 15.9 Å². The Morgan fingerprint density at radius 3 is 3.07 bits per heavy atom. The number of halogens is 1.